The fourth-order valence-corrected chi connectivity index (χ4v) is 5.98. The maximum atomic E-state index is 13.1. The molecule has 1 amide bonds. The number of rotatable bonds is 7. The number of hydrogen-bond donors (Lipinski definition) is 2. The molecular weight excluding hydrogens is 440 g/mol. The minimum Gasteiger partial charge on any atom is -0.381 e. The van der Waals surface area contributed by atoms with Gasteiger partial charge in [0.15, 0.2) is 0 Å². The van der Waals surface area contributed by atoms with Gasteiger partial charge in [-0.15, -0.1) is 0 Å². The number of nitrogens with one attached hydrogen (secondary N) is 2. The van der Waals surface area contributed by atoms with Crippen molar-refractivity contribution in [3.05, 3.63) is 54.1 Å². The van der Waals surface area contributed by atoms with E-state index in [0.29, 0.717) is 37.6 Å². The highest BCUT2D eigenvalue weighted by atomic mass is 32.2. The molecule has 2 heterocycles. The van der Waals surface area contributed by atoms with E-state index in [1.54, 1.807) is 25.1 Å². The number of anilines is 2. The molecule has 0 bridgehead atoms. The number of benzene rings is 2. The molecular formula is C24H32N4O4S. The summed E-state index contributed by atoms with van der Waals surface area (Å²) in [6, 6.07) is 15.1. The van der Waals surface area contributed by atoms with Crippen LogP contribution in [-0.2, 0) is 19.6 Å². The van der Waals surface area contributed by atoms with Crippen molar-refractivity contribution in [2.75, 3.05) is 50.0 Å². The number of nitrogens with zero attached hydrogens (tertiary/aromatic N) is 2. The van der Waals surface area contributed by atoms with E-state index in [4.69, 9.17) is 4.74 Å². The standard InChI is InChI=1S/C24H32N4O4S/c1-18-8-9-21(16-23(18)33(30,31)28-12-14-32-15-13-28)26-24(29)19(2)27-11-10-22(17-27)25-20-6-4-3-5-7-20/h3-9,16,19,22,25H,10-15,17H2,1-2H3,(H,26,29). The van der Waals surface area contributed by atoms with Crippen LogP contribution in [0.2, 0.25) is 0 Å². The van der Waals surface area contributed by atoms with Crippen molar-refractivity contribution in [1.29, 1.82) is 0 Å². The molecule has 2 N–H and O–H groups in total. The minimum atomic E-state index is -3.64. The molecule has 2 aromatic rings. The lowest BCUT2D eigenvalue weighted by molar-refractivity contribution is -0.120. The van der Waals surface area contributed by atoms with Gasteiger partial charge in [-0.05, 0) is 50.1 Å². The molecule has 178 valence electrons. The Hall–Kier alpha value is -2.46. The Balaban J connectivity index is 1.39. The van der Waals surface area contributed by atoms with Crippen LogP contribution in [0.25, 0.3) is 0 Å². The summed E-state index contributed by atoms with van der Waals surface area (Å²) in [6.45, 7) is 6.71. The monoisotopic (exact) mass is 472 g/mol. The van der Waals surface area contributed by atoms with Crippen molar-refractivity contribution in [3.63, 3.8) is 0 Å². The summed E-state index contributed by atoms with van der Waals surface area (Å²) in [6.07, 6.45) is 0.957. The third-order valence-electron chi connectivity index (χ3n) is 6.33. The van der Waals surface area contributed by atoms with Crippen molar-refractivity contribution < 1.29 is 17.9 Å². The number of likely N-dealkylation sites (tertiary alicyclic amines) is 1. The number of aryl methyl sites for hydroxylation is 1. The molecule has 8 nitrogen and oxygen atoms in total. The highest BCUT2D eigenvalue weighted by molar-refractivity contribution is 7.89. The lowest BCUT2D eigenvalue weighted by Crippen LogP contribution is -2.42. The van der Waals surface area contributed by atoms with Crippen LogP contribution in [-0.4, -0.2) is 75.0 Å². The van der Waals surface area contributed by atoms with Crippen LogP contribution in [0.4, 0.5) is 11.4 Å². The predicted octanol–water partition coefficient (Wildman–Crippen LogP) is 2.53. The van der Waals surface area contributed by atoms with Crippen LogP contribution >= 0.6 is 0 Å². The van der Waals surface area contributed by atoms with Crippen molar-refractivity contribution in [2.45, 2.75) is 37.2 Å². The second kappa shape index (κ2) is 10.2. The fraction of sp³-hybridized carbons (Fsp3) is 0.458. The van der Waals surface area contributed by atoms with Crippen molar-refractivity contribution in [3.8, 4) is 0 Å². The summed E-state index contributed by atoms with van der Waals surface area (Å²) >= 11 is 0. The van der Waals surface area contributed by atoms with E-state index in [-0.39, 0.29) is 22.9 Å². The Morgan fingerprint density at radius 1 is 1.06 bits per heavy atom. The predicted molar refractivity (Wildman–Crippen MR) is 129 cm³/mol. The molecule has 0 saturated carbocycles. The van der Waals surface area contributed by atoms with Gasteiger partial charge in [0.2, 0.25) is 15.9 Å². The third kappa shape index (κ3) is 5.55. The molecule has 4 rings (SSSR count). The van der Waals surface area contributed by atoms with Crippen LogP contribution in [0.5, 0.6) is 0 Å². The first-order chi connectivity index (χ1) is 15.8. The first kappa shape index (κ1) is 23.7. The zero-order chi connectivity index (χ0) is 23.4. The second-order valence-electron chi connectivity index (χ2n) is 8.65. The zero-order valence-corrected chi connectivity index (χ0v) is 20.0. The molecule has 2 saturated heterocycles. The molecule has 2 aromatic carbocycles. The molecule has 0 spiro atoms. The lowest BCUT2D eigenvalue weighted by Gasteiger charge is -2.27. The van der Waals surface area contributed by atoms with Crippen LogP contribution in [0.1, 0.15) is 18.9 Å². The summed E-state index contributed by atoms with van der Waals surface area (Å²) in [7, 11) is -3.64. The smallest absolute Gasteiger partial charge is 0.243 e. The molecule has 0 radical (unpaired) electrons. The average Bonchev–Trinajstić information content (AvgIpc) is 3.29. The van der Waals surface area contributed by atoms with Gasteiger partial charge in [0, 0.05) is 43.6 Å². The van der Waals surface area contributed by atoms with Gasteiger partial charge in [-0.25, -0.2) is 8.42 Å². The van der Waals surface area contributed by atoms with Crippen LogP contribution in [0, 0.1) is 6.92 Å². The Morgan fingerprint density at radius 3 is 2.52 bits per heavy atom. The quantitative estimate of drug-likeness (QED) is 0.644. The van der Waals surface area contributed by atoms with Gasteiger partial charge in [-0.2, -0.15) is 4.31 Å². The minimum absolute atomic E-state index is 0.145. The van der Waals surface area contributed by atoms with E-state index >= 15 is 0 Å². The Labute approximate surface area is 196 Å². The molecule has 2 atom stereocenters. The van der Waals surface area contributed by atoms with E-state index in [1.807, 2.05) is 37.3 Å². The summed E-state index contributed by atoms with van der Waals surface area (Å²) in [5.41, 5.74) is 2.22. The Morgan fingerprint density at radius 2 is 1.79 bits per heavy atom. The largest absolute Gasteiger partial charge is 0.381 e. The van der Waals surface area contributed by atoms with Gasteiger partial charge < -0.3 is 15.4 Å². The summed E-state index contributed by atoms with van der Waals surface area (Å²) in [5.74, 6) is -0.145. The highest BCUT2D eigenvalue weighted by Gasteiger charge is 2.31. The van der Waals surface area contributed by atoms with Gasteiger partial charge in [0.05, 0.1) is 24.2 Å². The van der Waals surface area contributed by atoms with Crippen molar-refractivity contribution >= 4 is 27.3 Å². The molecule has 33 heavy (non-hydrogen) atoms. The van der Waals surface area contributed by atoms with Crippen molar-refractivity contribution in [1.82, 2.24) is 9.21 Å². The normalized spacial score (nSPS) is 21.0. The van der Waals surface area contributed by atoms with E-state index < -0.39 is 10.0 Å². The number of morpholine rings is 1. The molecule has 2 aliphatic heterocycles. The molecule has 0 aromatic heterocycles. The number of sulfonamides is 1. The number of carbonyl (C=O) groups excluding carboxylic acids is 1. The maximum Gasteiger partial charge on any atom is 0.243 e. The highest BCUT2D eigenvalue weighted by Crippen LogP contribution is 2.25. The molecule has 2 unspecified atom stereocenters. The second-order valence-corrected chi connectivity index (χ2v) is 10.6. The summed E-state index contributed by atoms with van der Waals surface area (Å²) in [5, 5.41) is 6.44. The van der Waals surface area contributed by atoms with Gasteiger partial charge in [0.25, 0.3) is 0 Å². The number of carbonyl (C=O) groups is 1. The molecule has 2 fully saturated rings. The van der Waals surface area contributed by atoms with Gasteiger partial charge in [-0.3, -0.25) is 9.69 Å². The van der Waals surface area contributed by atoms with Gasteiger partial charge in [-0.1, -0.05) is 24.3 Å². The first-order valence-electron chi connectivity index (χ1n) is 11.4. The van der Waals surface area contributed by atoms with Crippen LogP contribution in [0.15, 0.2) is 53.4 Å². The SMILES string of the molecule is Cc1ccc(NC(=O)C(C)N2CCC(Nc3ccccc3)C2)cc1S(=O)(=O)N1CCOCC1. The maximum absolute atomic E-state index is 13.1. The number of hydrogen-bond acceptors (Lipinski definition) is 6. The van der Waals surface area contributed by atoms with Crippen LogP contribution in [0.3, 0.4) is 0 Å². The van der Waals surface area contributed by atoms with E-state index in [2.05, 4.69) is 15.5 Å². The first-order valence-corrected chi connectivity index (χ1v) is 12.8. The Bertz CT molecular complexity index is 1070. The number of ether oxygens (including phenoxy) is 1. The average molecular weight is 473 g/mol. The van der Waals surface area contributed by atoms with E-state index in [1.165, 1.54) is 4.31 Å². The zero-order valence-electron chi connectivity index (χ0n) is 19.2. The molecule has 9 heteroatoms. The van der Waals surface area contributed by atoms with Gasteiger partial charge in [0.1, 0.15) is 0 Å². The third-order valence-corrected chi connectivity index (χ3v) is 8.38. The number of amides is 1. The summed E-state index contributed by atoms with van der Waals surface area (Å²) < 4.78 is 33.0. The molecule has 0 aliphatic carbocycles. The summed E-state index contributed by atoms with van der Waals surface area (Å²) in [4.78, 5) is 15.3. The Kier molecular flexibility index (Phi) is 7.33. The van der Waals surface area contributed by atoms with E-state index in [9.17, 15) is 13.2 Å². The van der Waals surface area contributed by atoms with Crippen molar-refractivity contribution in [2.24, 2.45) is 0 Å². The number of para-hydroxylation sites is 1. The van der Waals surface area contributed by atoms with E-state index in [0.717, 1.165) is 25.2 Å². The van der Waals surface area contributed by atoms with Crippen LogP contribution < -0.4 is 10.6 Å². The van der Waals surface area contributed by atoms with Gasteiger partial charge >= 0.3 is 0 Å². The molecule has 2 aliphatic rings. The topological polar surface area (TPSA) is 91.0 Å². The fourth-order valence-electron chi connectivity index (χ4n) is 4.32. The lowest BCUT2D eigenvalue weighted by atomic mass is 10.2.